The minimum absolute atomic E-state index is 0.00710. The van der Waals surface area contributed by atoms with Crippen molar-refractivity contribution in [1.82, 2.24) is 0 Å². The number of halogens is 1. The summed E-state index contributed by atoms with van der Waals surface area (Å²) in [6, 6.07) is 14.5. The van der Waals surface area contributed by atoms with Crippen LogP contribution in [0.4, 0.5) is 0 Å². The molecule has 0 radical (unpaired) electrons. The van der Waals surface area contributed by atoms with E-state index in [9.17, 15) is 9.90 Å². The average molecular weight is 315 g/mol. The zero-order valence-electron chi connectivity index (χ0n) is 12.0. The molecule has 0 saturated carbocycles. The first-order valence-electron chi connectivity index (χ1n) is 7.05. The van der Waals surface area contributed by atoms with E-state index in [0.29, 0.717) is 28.0 Å². The molecule has 1 unspecified atom stereocenters. The van der Waals surface area contributed by atoms with Gasteiger partial charge >= 0.3 is 5.63 Å². The number of rotatable bonds is 3. The summed E-state index contributed by atoms with van der Waals surface area (Å²) in [5.74, 6) is 0.0693. The molecule has 0 aliphatic heterocycles. The molecule has 3 rings (SSSR count). The Labute approximate surface area is 132 Å². The van der Waals surface area contributed by atoms with Crippen LogP contribution >= 0.6 is 11.6 Å². The maximum absolute atomic E-state index is 12.1. The highest BCUT2D eigenvalue weighted by Crippen LogP contribution is 2.30. The van der Waals surface area contributed by atoms with Crippen LogP contribution in [-0.4, -0.2) is 5.11 Å². The van der Waals surface area contributed by atoms with E-state index in [2.05, 4.69) is 0 Å². The maximum Gasteiger partial charge on any atom is 0.343 e. The number of fused-ring (bicyclic) bond motifs is 1. The molecule has 0 aliphatic rings. The van der Waals surface area contributed by atoms with Gasteiger partial charge in [0, 0.05) is 5.02 Å². The van der Waals surface area contributed by atoms with Gasteiger partial charge in [-0.3, -0.25) is 0 Å². The van der Waals surface area contributed by atoms with Crippen molar-refractivity contribution >= 4 is 22.6 Å². The van der Waals surface area contributed by atoms with Gasteiger partial charge in [-0.2, -0.15) is 0 Å². The molecule has 3 nitrogen and oxygen atoms in total. The molecule has 0 aliphatic carbocycles. The Morgan fingerprint density at radius 1 is 1.14 bits per heavy atom. The standard InChI is InChI=1S/C18H15ClO3/c1-11(12-6-8-13(19)9-7-12)10-15-17(20)14-4-2-3-5-16(14)22-18(15)21/h2-9,11,20H,10H2,1H3. The van der Waals surface area contributed by atoms with E-state index in [4.69, 9.17) is 16.0 Å². The molecule has 4 heteroatoms. The molecule has 3 aromatic rings. The van der Waals surface area contributed by atoms with E-state index in [-0.39, 0.29) is 11.7 Å². The number of hydrogen-bond acceptors (Lipinski definition) is 3. The molecule has 0 bridgehead atoms. The van der Waals surface area contributed by atoms with Crippen molar-refractivity contribution in [3.05, 3.63) is 75.1 Å². The molecule has 1 atom stereocenters. The smallest absolute Gasteiger partial charge is 0.343 e. The lowest BCUT2D eigenvalue weighted by molar-refractivity contribution is 0.453. The normalized spacial score (nSPS) is 12.5. The van der Waals surface area contributed by atoms with E-state index in [1.54, 1.807) is 24.3 Å². The Morgan fingerprint density at radius 2 is 1.82 bits per heavy atom. The van der Waals surface area contributed by atoms with Crippen molar-refractivity contribution in [1.29, 1.82) is 0 Å². The lowest BCUT2D eigenvalue weighted by Gasteiger charge is -2.13. The summed E-state index contributed by atoms with van der Waals surface area (Å²) in [5, 5.41) is 11.6. The Bertz CT molecular complexity index is 866. The van der Waals surface area contributed by atoms with Crippen LogP contribution in [-0.2, 0) is 6.42 Å². The van der Waals surface area contributed by atoms with Crippen molar-refractivity contribution in [2.75, 3.05) is 0 Å². The zero-order chi connectivity index (χ0) is 15.7. The van der Waals surface area contributed by atoms with Gasteiger partial charge in [0.15, 0.2) is 0 Å². The molecule has 1 heterocycles. The van der Waals surface area contributed by atoms with Gasteiger partial charge in [-0.15, -0.1) is 0 Å². The minimum Gasteiger partial charge on any atom is -0.507 e. The van der Waals surface area contributed by atoms with Gasteiger partial charge in [0.1, 0.15) is 11.3 Å². The molecule has 22 heavy (non-hydrogen) atoms. The third kappa shape index (κ3) is 2.72. The average Bonchev–Trinajstić information content (AvgIpc) is 2.52. The second kappa shape index (κ2) is 5.85. The van der Waals surface area contributed by atoms with Crippen LogP contribution in [0.1, 0.15) is 24.0 Å². The predicted molar refractivity (Wildman–Crippen MR) is 87.7 cm³/mol. The molecule has 0 spiro atoms. The highest BCUT2D eigenvalue weighted by molar-refractivity contribution is 6.30. The summed E-state index contributed by atoms with van der Waals surface area (Å²) in [5.41, 5.74) is 1.27. The molecule has 0 amide bonds. The molecular weight excluding hydrogens is 300 g/mol. The van der Waals surface area contributed by atoms with Crippen molar-refractivity contribution in [2.24, 2.45) is 0 Å². The number of aromatic hydroxyl groups is 1. The van der Waals surface area contributed by atoms with Gasteiger partial charge < -0.3 is 9.52 Å². The van der Waals surface area contributed by atoms with Gasteiger partial charge in [0.2, 0.25) is 0 Å². The third-order valence-corrected chi connectivity index (χ3v) is 4.08. The van der Waals surface area contributed by atoms with E-state index < -0.39 is 5.63 Å². The summed E-state index contributed by atoms with van der Waals surface area (Å²) < 4.78 is 5.29. The largest absolute Gasteiger partial charge is 0.507 e. The highest BCUT2D eigenvalue weighted by Gasteiger charge is 2.17. The van der Waals surface area contributed by atoms with E-state index in [1.165, 1.54) is 0 Å². The summed E-state index contributed by atoms with van der Waals surface area (Å²) >= 11 is 5.89. The summed E-state index contributed by atoms with van der Waals surface area (Å²) in [6.07, 6.45) is 0.403. The van der Waals surface area contributed by atoms with Gasteiger partial charge in [0.05, 0.1) is 10.9 Å². The summed E-state index contributed by atoms with van der Waals surface area (Å²) in [7, 11) is 0. The van der Waals surface area contributed by atoms with Crippen LogP contribution in [0.15, 0.2) is 57.7 Å². The van der Waals surface area contributed by atoms with Crippen molar-refractivity contribution in [2.45, 2.75) is 19.3 Å². The fourth-order valence-electron chi connectivity index (χ4n) is 2.57. The molecule has 112 valence electrons. The van der Waals surface area contributed by atoms with Gasteiger partial charge in [0.25, 0.3) is 0 Å². The van der Waals surface area contributed by atoms with E-state index in [1.807, 2.05) is 31.2 Å². The number of hydrogen-bond donors (Lipinski definition) is 1. The number of para-hydroxylation sites is 1. The number of benzene rings is 2. The predicted octanol–water partition coefficient (Wildman–Crippen LogP) is 4.50. The fraction of sp³-hybridized carbons (Fsp3) is 0.167. The zero-order valence-corrected chi connectivity index (χ0v) is 12.8. The summed E-state index contributed by atoms with van der Waals surface area (Å²) in [6.45, 7) is 2.00. The first kappa shape index (κ1) is 14.7. The second-order valence-electron chi connectivity index (χ2n) is 5.37. The SMILES string of the molecule is CC(Cc1c(O)c2ccccc2oc1=O)c1ccc(Cl)cc1. The van der Waals surface area contributed by atoms with Crippen LogP contribution in [0.5, 0.6) is 5.75 Å². The first-order chi connectivity index (χ1) is 10.6. The van der Waals surface area contributed by atoms with Gasteiger partial charge in [-0.25, -0.2) is 4.79 Å². The Morgan fingerprint density at radius 3 is 2.55 bits per heavy atom. The van der Waals surface area contributed by atoms with Crippen LogP contribution in [0.2, 0.25) is 5.02 Å². The first-order valence-corrected chi connectivity index (χ1v) is 7.43. The van der Waals surface area contributed by atoms with Crippen LogP contribution in [0.25, 0.3) is 11.0 Å². The van der Waals surface area contributed by atoms with Crippen molar-refractivity contribution in [3.8, 4) is 5.75 Å². The fourth-order valence-corrected chi connectivity index (χ4v) is 2.69. The monoisotopic (exact) mass is 314 g/mol. The van der Waals surface area contributed by atoms with Crippen LogP contribution in [0.3, 0.4) is 0 Å². The van der Waals surface area contributed by atoms with Gasteiger partial charge in [-0.05, 0) is 42.2 Å². The molecular formula is C18H15ClO3. The molecule has 0 fully saturated rings. The molecule has 1 N–H and O–H groups in total. The van der Waals surface area contributed by atoms with E-state index >= 15 is 0 Å². The lowest BCUT2D eigenvalue weighted by atomic mass is 9.93. The quantitative estimate of drug-likeness (QED) is 0.724. The Kier molecular flexibility index (Phi) is 3.90. The van der Waals surface area contributed by atoms with Crippen molar-refractivity contribution < 1.29 is 9.52 Å². The van der Waals surface area contributed by atoms with Gasteiger partial charge in [-0.1, -0.05) is 42.8 Å². The second-order valence-corrected chi connectivity index (χ2v) is 5.81. The maximum atomic E-state index is 12.1. The summed E-state index contributed by atoms with van der Waals surface area (Å²) in [4.78, 5) is 12.1. The molecule has 2 aromatic carbocycles. The molecule has 0 saturated heterocycles. The minimum atomic E-state index is -0.489. The lowest BCUT2D eigenvalue weighted by Crippen LogP contribution is -2.11. The Balaban J connectivity index is 2.00. The van der Waals surface area contributed by atoms with Crippen molar-refractivity contribution in [3.63, 3.8) is 0 Å². The topological polar surface area (TPSA) is 50.4 Å². The molecule has 1 aromatic heterocycles. The highest BCUT2D eigenvalue weighted by atomic mass is 35.5. The van der Waals surface area contributed by atoms with Crippen LogP contribution in [0, 0.1) is 0 Å². The van der Waals surface area contributed by atoms with Crippen LogP contribution < -0.4 is 5.63 Å². The van der Waals surface area contributed by atoms with E-state index in [0.717, 1.165) is 5.56 Å². The third-order valence-electron chi connectivity index (χ3n) is 3.83. The Hall–Kier alpha value is -2.26.